The highest BCUT2D eigenvalue weighted by molar-refractivity contribution is 6.02. The molecule has 192 valence electrons. The normalized spacial score (nSPS) is 12.3. The van der Waals surface area contributed by atoms with E-state index < -0.39 is 11.6 Å². The summed E-state index contributed by atoms with van der Waals surface area (Å²) >= 11 is 0. The van der Waals surface area contributed by atoms with Gasteiger partial charge in [0.1, 0.15) is 23.9 Å². The first-order valence-electron chi connectivity index (χ1n) is 12.2. The number of rotatable bonds is 7. The van der Waals surface area contributed by atoms with E-state index in [9.17, 15) is 9.59 Å². The fourth-order valence-electron chi connectivity index (χ4n) is 4.43. The van der Waals surface area contributed by atoms with E-state index in [1.807, 2.05) is 95.3 Å². The SMILES string of the molecule is COc1cccc([C@@H](C(=O)NC(C)(C)C)N(C(=O)Cn2nnc3ccccc32)c2cc(C)cc(C)c2)c1. The lowest BCUT2D eigenvalue weighted by Crippen LogP contribution is -2.50. The molecule has 0 spiro atoms. The van der Waals surface area contributed by atoms with Crippen LogP contribution in [-0.2, 0) is 16.1 Å². The molecule has 0 aliphatic heterocycles. The van der Waals surface area contributed by atoms with Crippen LogP contribution in [0.15, 0.2) is 66.7 Å². The number of hydrogen-bond donors (Lipinski definition) is 1. The summed E-state index contributed by atoms with van der Waals surface area (Å²) in [6.45, 7) is 9.60. The standard InChI is InChI=1S/C29H33N5O3/c1-19-14-20(2)16-22(15-19)34(26(35)18-33-25-13-8-7-12-24(25)31-32-33)27(28(36)30-29(3,4)5)21-10-9-11-23(17-21)37-6/h7-17,27H,18H2,1-6H3,(H,30,36)/t27-/m0/s1. The molecule has 2 amide bonds. The van der Waals surface area contributed by atoms with Gasteiger partial charge in [0.2, 0.25) is 11.8 Å². The van der Waals surface area contributed by atoms with Crippen molar-refractivity contribution in [2.24, 2.45) is 0 Å². The van der Waals surface area contributed by atoms with Gasteiger partial charge in [-0.25, -0.2) is 4.68 Å². The number of methoxy groups -OCH3 is 1. The zero-order chi connectivity index (χ0) is 26.7. The number of para-hydroxylation sites is 1. The Labute approximate surface area is 217 Å². The lowest BCUT2D eigenvalue weighted by molar-refractivity contribution is -0.128. The third kappa shape index (κ3) is 5.97. The zero-order valence-electron chi connectivity index (χ0n) is 22.1. The molecule has 0 aliphatic carbocycles. The predicted molar refractivity (Wildman–Crippen MR) is 145 cm³/mol. The number of amides is 2. The number of nitrogens with one attached hydrogen (secondary N) is 1. The number of fused-ring (bicyclic) bond motifs is 1. The molecule has 0 radical (unpaired) electrons. The number of anilines is 1. The van der Waals surface area contributed by atoms with Crippen LogP contribution in [0.5, 0.6) is 5.75 Å². The van der Waals surface area contributed by atoms with E-state index in [1.54, 1.807) is 22.8 Å². The number of hydrogen-bond acceptors (Lipinski definition) is 5. The van der Waals surface area contributed by atoms with E-state index >= 15 is 0 Å². The molecule has 8 nitrogen and oxygen atoms in total. The third-order valence-electron chi connectivity index (χ3n) is 5.87. The molecule has 4 rings (SSSR count). The Morgan fingerprint density at radius 3 is 2.38 bits per heavy atom. The van der Waals surface area contributed by atoms with Crippen molar-refractivity contribution < 1.29 is 14.3 Å². The minimum atomic E-state index is -0.946. The summed E-state index contributed by atoms with van der Waals surface area (Å²) in [6, 6.07) is 19.7. The van der Waals surface area contributed by atoms with Crippen molar-refractivity contribution in [2.75, 3.05) is 12.0 Å². The fourth-order valence-corrected chi connectivity index (χ4v) is 4.43. The predicted octanol–water partition coefficient (Wildman–Crippen LogP) is 4.75. The van der Waals surface area contributed by atoms with Gasteiger partial charge in [0.05, 0.1) is 12.6 Å². The number of nitrogens with zero attached hydrogens (tertiary/aromatic N) is 4. The summed E-state index contributed by atoms with van der Waals surface area (Å²) in [5.74, 6) is 0.00962. The van der Waals surface area contributed by atoms with Gasteiger partial charge in [-0.3, -0.25) is 14.5 Å². The maximum absolute atomic E-state index is 14.1. The molecule has 1 N–H and O–H groups in total. The molecule has 1 aromatic heterocycles. The molecule has 0 saturated heterocycles. The van der Waals surface area contributed by atoms with E-state index in [4.69, 9.17) is 4.74 Å². The molecule has 0 fully saturated rings. The number of carbonyl (C=O) groups excluding carboxylic acids is 2. The minimum absolute atomic E-state index is 0.0865. The molecule has 0 saturated carbocycles. The number of carbonyl (C=O) groups is 2. The van der Waals surface area contributed by atoms with E-state index in [1.165, 1.54) is 0 Å². The van der Waals surface area contributed by atoms with Crippen molar-refractivity contribution in [1.82, 2.24) is 20.3 Å². The molecule has 37 heavy (non-hydrogen) atoms. The van der Waals surface area contributed by atoms with Crippen LogP contribution in [0.1, 0.15) is 43.5 Å². The van der Waals surface area contributed by atoms with Gasteiger partial charge in [0.15, 0.2) is 0 Å². The van der Waals surface area contributed by atoms with Crippen molar-refractivity contribution in [3.05, 3.63) is 83.4 Å². The highest BCUT2D eigenvalue weighted by Crippen LogP contribution is 2.32. The van der Waals surface area contributed by atoms with Crippen LogP contribution in [0, 0.1) is 13.8 Å². The Morgan fingerprint density at radius 2 is 1.70 bits per heavy atom. The second kappa shape index (κ2) is 10.4. The van der Waals surface area contributed by atoms with Crippen LogP contribution >= 0.6 is 0 Å². The Kier molecular flexibility index (Phi) is 7.29. The molecule has 8 heteroatoms. The second-order valence-electron chi connectivity index (χ2n) is 10.3. The van der Waals surface area contributed by atoms with Crippen molar-refractivity contribution in [3.8, 4) is 5.75 Å². The first-order chi connectivity index (χ1) is 17.6. The van der Waals surface area contributed by atoms with Crippen LogP contribution in [0.25, 0.3) is 11.0 Å². The molecule has 1 atom stereocenters. The van der Waals surface area contributed by atoms with Gasteiger partial charge in [-0.05, 0) is 87.7 Å². The Hall–Kier alpha value is -4.20. The van der Waals surface area contributed by atoms with Gasteiger partial charge in [0.25, 0.3) is 0 Å². The first-order valence-corrected chi connectivity index (χ1v) is 12.2. The molecular formula is C29H33N5O3. The van der Waals surface area contributed by atoms with Crippen LogP contribution in [-0.4, -0.2) is 39.5 Å². The van der Waals surface area contributed by atoms with Gasteiger partial charge < -0.3 is 10.1 Å². The molecular weight excluding hydrogens is 466 g/mol. The van der Waals surface area contributed by atoms with Gasteiger partial charge >= 0.3 is 0 Å². The zero-order valence-corrected chi connectivity index (χ0v) is 22.1. The lowest BCUT2D eigenvalue weighted by Gasteiger charge is -2.34. The number of aryl methyl sites for hydroxylation is 2. The summed E-state index contributed by atoms with van der Waals surface area (Å²) in [6.07, 6.45) is 0. The molecule has 0 unspecified atom stereocenters. The average molecular weight is 500 g/mol. The van der Waals surface area contributed by atoms with E-state index in [0.29, 0.717) is 22.5 Å². The molecule has 4 aromatic rings. The Morgan fingerprint density at radius 1 is 1.00 bits per heavy atom. The average Bonchev–Trinajstić information content (AvgIpc) is 3.23. The van der Waals surface area contributed by atoms with Crippen LogP contribution < -0.4 is 15.0 Å². The highest BCUT2D eigenvalue weighted by atomic mass is 16.5. The van der Waals surface area contributed by atoms with Crippen molar-refractivity contribution >= 4 is 28.5 Å². The maximum atomic E-state index is 14.1. The fraction of sp³-hybridized carbons (Fsp3) is 0.310. The maximum Gasteiger partial charge on any atom is 0.249 e. The molecule has 0 aliphatic rings. The summed E-state index contributed by atoms with van der Waals surface area (Å²) in [4.78, 5) is 29.6. The molecule has 0 bridgehead atoms. The molecule has 1 heterocycles. The topological polar surface area (TPSA) is 89.4 Å². The van der Waals surface area contributed by atoms with Gasteiger partial charge in [-0.1, -0.05) is 35.5 Å². The Bertz CT molecular complexity index is 1420. The monoisotopic (exact) mass is 499 g/mol. The number of ether oxygens (including phenoxy) is 1. The lowest BCUT2D eigenvalue weighted by atomic mass is 9.99. The van der Waals surface area contributed by atoms with Gasteiger partial charge in [0, 0.05) is 11.2 Å². The van der Waals surface area contributed by atoms with E-state index in [-0.39, 0.29) is 18.4 Å². The largest absolute Gasteiger partial charge is 0.497 e. The van der Waals surface area contributed by atoms with Crippen LogP contribution in [0.4, 0.5) is 5.69 Å². The first kappa shape index (κ1) is 25.9. The molecule has 3 aromatic carbocycles. The smallest absolute Gasteiger partial charge is 0.249 e. The Balaban J connectivity index is 1.87. The summed E-state index contributed by atoms with van der Waals surface area (Å²) < 4.78 is 7.01. The highest BCUT2D eigenvalue weighted by Gasteiger charge is 2.35. The van der Waals surface area contributed by atoms with E-state index in [0.717, 1.165) is 16.6 Å². The van der Waals surface area contributed by atoms with Gasteiger partial charge in [-0.2, -0.15) is 0 Å². The van der Waals surface area contributed by atoms with E-state index in [2.05, 4.69) is 15.6 Å². The van der Waals surface area contributed by atoms with Crippen molar-refractivity contribution in [2.45, 2.75) is 52.7 Å². The van der Waals surface area contributed by atoms with Crippen LogP contribution in [0.2, 0.25) is 0 Å². The number of benzene rings is 3. The van der Waals surface area contributed by atoms with Gasteiger partial charge in [-0.15, -0.1) is 5.10 Å². The summed E-state index contributed by atoms with van der Waals surface area (Å²) in [7, 11) is 1.58. The summed E-state index contributed by atoms with van der Waals surface area (Å²) in [5.41, 5.74) is 4.17. The minimum Gasteiger partial charge on any atom is -0.497 e. The summed E-state index contributed by atoms with van der Waals surface area (Å²) in [5, 5.41) is 11.5. The van der Waals surface area contributed by atoms with Crippen LogP contribution in [0.3, 0.4) is 0 Å². The number of aromatic nitrogens is 3. The second-order valence-corrected chi connectivity index (χ2v) is 10.3. The van der Waals surface area contributed by atoms with Crippen molar-refractivity contribution in [3.63, 3.8) is 0 Å². The quantitative estimate of drug-likeness (QED) is 0.397. The third-order valence-corrected chi connectivity index (χ3v) is 5.87. The van der Waals surface area contributed by atoms with Crippen molar-refractivity contribution in [1.29, 1.82) is 0 Å².